The SMILES string of the molecule is COc1cc(Cl)ccc1C(=O)CCc1ccnn1C. The highest BCUT2D eigenvalue weighted by Crippen LogP contribution is 2.24. The molecular weight excluding hydrogens is 264 g/mol. The van der Waals surface area contributed by atoms with Gasteiger partial charge in [-0.3, -0.25) is 9.48 Å². The first-order chi connectivity index (χ1) is 9.11. The Balaban J connectivity index is 2.10. The molecule has 5 heteroatoms. The van der Waals surface area contributed by atoms with Crippen molar-refractivity contribution in [3.8, 4) is 5.75 Å². The molecule has 0 aliphatic carbocycles. The molecule has 100 valence electrons. The molecule has 0 radical (unpaired) electrons. The Morgan fingerprint density at radius 1 is 1.42 bits per heavy atom. The summed E-state index contributed by atoms with van der Waals surface area (Å²) in [5.41, 5.74) is 1.59. The fourth-order valence-electron chi connectivity index (χ4n) is 1.92. The van der Waals surface area contributed by atoms with E-state index in [9.17, 15) is 4.79 Å². The van der Waals surface area contributed by atoms with Crippen LogP contribution in [0.3, 0.4) is 0 Å². The van der Waals surface area contributed by atoms with E-state index >= 15 is 0 Å². The van der Waals surface area contributed by atoms with Gasteiger partial charge in [-0.1, -0.05) is 11.6 Å². The van der Waals surface area contributed by atoms with Gasteiger partial charge in [-0.25, -0.2) is 0 Å². The number of hydrogen-bond acceptors (Lipinski definition) is 3. The molecule has 1 aromatic carbocycles. The molecule has 0 atom stereocenters. The van der Waals surface area contributed by atoms with E-state index in [1.165, 1.54) is 7.11 Å². The first kappa shape index (κ1) is 13.6. The molecular formula is C14H15ClN2O2. The Kier molecular flexibility index (Phi) is 4.22. The lowest BCUT2D eigenvalue weighted by molar-refractivity contribution is 0.0979. The van der Waals surface area contributed by atoms with Gasteiger partial charge in [0.1, 0.15) is 5.75 Å². The fourth-order valence-corrected chi connectivity index (χ4v) is 2.08. The maximum Gasteiger partial charge on any atom is 0.166 e. The highest BCUT2D eigenvalue weighted by molar-refractivity contribution is 6.30. The molecule has 0 aliphatic rings. The maximum absolute atomic E-state index is 12.2. The molecule has 0 N–H and O–H groups in total. The van der Waals surface area contributed by atoms with Crippen molar-refractivity contribution < 1.29 is 9.53 Å². The van der Waals surface area contributed by atoms with Crippen LogP contribution in [-0.2, 0) is 13.5 Å². The van der Waals surface area contributed by atoms with Gasteiger partial charge in [-0.05, 0) is 30.7 Å². The van der Waals surface area contributed by atoms with E-state index < -0.39 is 0 Å². The molecule has 0 bridgehead atoms. The van der Waals surface area contributed by atoms with E-state index in [2.05, 4.69) is 5.10 Å². The molecule has 0 fully saturated rings. The van der Waals surface area contributed by atoms with Crippen LogP contribution in [0.5, 0.6) is 5.75 Å². The van der Waals surface area contributed by atoms with Crippen molar-refractivity contribution in [2.24, 2.45) is 7.05 Å². The molecule has 0 saturated carbocycles. The van der Waals surface area contributed by atoms with E-state index in [4.69, 9.17) is 16.3 Å². The minimum absolute atomic E-state index is 0.0368. The number of ether oxygens (including phenoxy) is 1. The number of rotatable bonds is 5. The zero-order valence-corrected chi connectivity index (χ0v) is 11.6. The van der Waals surface area contributed by atoms with Crippen molar-refractivity contribution in [3.05, 3.63) is 46.7 Å². The zero-order valence-electron chi connectivity index (χ0n) is 10.9. The largest absolute Gasteiger partial charge is 0.496 e. The quantitative estimate of drug-likeness (QED) is 0.790. The Labute approximate surface area is 116 Å². The summed E-state index contributed by atoms with van der Waals surface area (Å²) in [4.78, 5) is 12.2. The molecule has 2 rings (SSSR count). The highest BCUT2D eigenvalue weighted by Gasteiger charge is 2.13. The van der Waals surface area contributed by atoms with Crippen LogP contribution in [-0.4, -0.2) is 22.7 Å². The third-order valence-corrected chi connectivity index (χ3v) is 3.23. The number of benzene rings is 1. The van der Waals surface area contributed by atoms with Crippen LogP contribution in [0.15, 0.2) is 30.5 Å². The summed E-state index contributed by atoms with van der Waals surface area (Å²) < 4.78 is 6.96. The Hall–Kier alpha value is -1.81. The number of carbonyl (C=O) groups excluding carboxylic acids is 1. The number of methoxy groups -OCH3 is 1. The number of aromatic nitrogens is 2. The first-order valence-corrected chi connectivity index (χ1v) is 6.33. The third-order valence-electron chi connectivity index (χ3n) is 2.99. The van der Waals surface area contributed by atoms with Gasteiger partial charge < -0.3 is 4.74 Å². The Morgan fingerprint density at radius 2 is 2.21 bits per heavy atom. The van der Waals surface area contributed by atoms with Crippen LogP contribution >= 0.6 is 11.6 Å². The molecule has 0 unspecified atom stereocenters. The topological polar surface area (TPSA) is 44.1 Å². The number of ketones is 1. The lowest BCUT2D eigenvalue weighted by atomic mass is 10.0. The predicted molar refractivity (Wildman–Crippen MR) is 73.9 cm³/mol. The van der Waals surface area contributed by atoms with E-state index in [0.29, 0.717) is 29.2 Å². The van der Waals surface area contributed by atoms with Crippen molar-refractivity contribution in [2.45, 2.75) is 12.8 Å². The van der Waals surface area contributed by atoms with Crippen molar-refractivity contribution >= 4 is 17.4 Å². The standard InChI is InChI=1S/C14H15ClN2O2/c1-17-11(7-8-16-17)4-6-13(18)12-5-3-10(15)9-14(12)19-2/h3,5,7-9H,4,6H2,1-2H3. The Bertz CT molecular complexity index is 593. The summed E-state index contributed by atoms with van der Waals surface area (Å²) in [5.74, 6) is 0.553. The summed E-state index contributed by atoms with van der Waals surface area (Å²) >= 11 is 5.88. The summed E-state index contributed by atoms with van der Waals surface area (Å²) in [6.45, 7) is 0. The van der Waals surface area contributed by atoms with Crippen molar-refractivity contribution in [3.63, 3.8) is 0 Å². The summed E-state index contributed by atoms with van der Waals surface area (Å²) in [6, 6.07) is 6.96. The number of halogens is 1. The monoisotopic (exact) mass is 278 g/mol. The van der Waals surface area contributed by atoms with Crippen molar-refractivity contribution in [2.75, 3.05) is 7.11 Å². The lowest BCUT2D eigenvalue weighted by Crippen LogP contribution is -2.06. The number of carbonyl (C=O) groups is 1. The smallest absolute Gasteiger partial charge is 0.166 e. The molecule has 4 nitrogen and oxygen atoms in total. The molecule has 0 aliphatic heterocycles. The summed E-state index contributed by atoms with van der Waals surface area (Å²) in [6.07, 6.45) is 2.79. The molecule has 19 heavy (non-hydrogen) atoms. The first-order valence-electron chi connectivity index (χ1n) is 5.95. The number of aryl methyl sites for hydroxylation is 2. The van der Waals surface area contributed by atoms with Gasteiger partial charge >= 0.3 is 0 Å². The summed E-state index contributed by atoms with van der Waals surface area (Å²) in [5, 5.41) is 4.63. The fraction of sp³-hybridized carbons (Fsp3) is 0.286. The molecule has 0 spiro atoms. The van der Waals surface area contributed by atoms with Gasteiger partial charge in [0.05, 0.1) is 12.7 Å². The lowest BCUT2D eigenvalue weighted by Gasteiger charge is -2.08. The van der Waals surface area contributed by atoms with Crippen LogP contribution in [0, 0.1) is 0 Å². The second kappa shape index (κ2) is 5.89. The van der Waals surface area contributed by atoms with Gasteiger partial charge in [0.2, 0.25) is 0 Å². The minimum Gasteiger partial charge on any atom is -0.496 e. The normalized spacial score (nSPS) is 10.5. The van der Waals surface area contributed by atoms with Crippen molar-refractivity contribution in [1.29, 1.82) is 0 Å². The van der Waals surface area contributed by atoms with E-state index in [-0.39, 0.29) is 5.78 Å². The molecule has 1 heterocycles. The van der Waals surface area contributed by atoms with Gasteiger partial charge in [0, 0.05) is 30.4 Å². The van der Waals surface area contributed by atoms with Crippen molar-refractivity contribution in [1.82, 2.24) is 9.78 Å². The third kappa shape index (κ3) is 3.15. The van der Waals surface area contributed by atoms with Gasteiger partial charge in [0.15, 0.2) is 5.78 Å². The summed E-state index contributed by atoms with van der Waals surface area (Å²) in [7, 11) is 3.40. The van der Waals surface area contributed by atoms with Gasteiger partial charge in [-0.15, -0.1) is 0 Å². The average Bonchev–Trinajstić information content (AvgIpc) is 2.81. The average molecular weight is 279 g/mol. The van der Waals surface area contributed by atoms with Gasteiger partial charge in [0.25, 0.3) is 0 Å². The van der Waals surface area contributed by atoms with E-state index in [1.807, 2.05) is 13.1 Å². The molecule has 0 saturated heterocycles. The van der Waals surface area contributed by atoms with E-state index in [0.717, 1.165) is 5.69 Å². The highest BCUT2D eigenvalue weighted by atomic mass is 35.5. The number of hydrogen-bond donors (Lipinski definition) is 0. The van der Waals surface area contributed by atoms with Crippen LogP contribution < -0.4 is 4.74 Å². The second-order valence-corrected chi connectivity index (χ2v) is 4.65. The molecule has 1 aromatic heterocycles. The molecule has 0 amide bonds. The Morgan fingerprint density at radius 3 is 2.84 bits per heavy atom. The molecule has 2 aromatic rings. The number of Topliss-reactive ketones (excluding diaryl/α,β-unsaturated/α-hetero) is 1. The maximum atomic E-state index is 12.2. The minimum atomic E-state index is 0.0368. The van der Waals surface area contributed by atoms with Crippen LogP contribution in [0.4, 0.5) is 0 Å². The van der Waals surface area contributed by atoms with Gasteiger partial charge in [-0.2, -0.15) is 5.10 Å². The zero-order chi connectivity index (χ0) is 13.8. The predicted octanol–water partition coefficient (Wildman–Crippen LogP) is 2.90. The number of nitrogens with zero attached hydrogens (tertiary/aromatic N) is 2. The van der Waals surface area contributed by atoms with E-state index in [1.54, 1.807) is 29.1 Å². The van der Waals surface area contributed by atoms with Crippen LogP contribution in [0.2, 0.25) is 5.02 Å². The van der Waals surface area contributed by atoms with Crippen LogP contribution in [0.25, 0.3) is 0 Å². The second-order valence-electron chi connectivity index (χ2n) is 4.21. The van der Waals surface area contributed by atoms with Crippen LogP contribution in [0.1, 0.15) is 22.5 Å².